The molecule has 1 aromatic carbocycles. The average molecular weight is 321 g/mol. The van der Waals surface area contributed by atoms with Gasteiger partial charge in [0, 0.05) is 4.47 Å². The number of imidazole rings is 1. The van der Waals surface area contributed by atoms with E-state index in [0.717, 1.165) is 27.0 Å². The fourth-order valence-electron chi connectivity index (χ4n) is 2.03. The second kappa shape index (κ2) is 4.38. The number of nitrogens with two attached hydrogens (primary N) is 1. The van der Waals surface area contributed by atoms with Crippen molar-refractivity contribution in [3.05, 3.63) is 40.0 Å². The number of benzene rings is 1. The van der Waals surface area contributed by atoms with E-state index < -0.39 is 0 Å². The number of hydrogen-bond acceptors (Lipinski definition) is 4. The van der Waals surface area contributed by atoms with Crippen molar-refractivity contribution in [1.82, 2.24) is 14.5 Å². The first-order valence-corrected chi connectivity index (χ1v) is 6.68. The van der Waals surface area contributed by atoms with E-state index in [0.29, 0.717) is 18.4 Å². The van der Waals surface area contributed by atoms with Gasteiger partial charge in [-0.2, -0.15) is 0 Å². The van der Waals surface area contributed by atoms with Gasteiger partial charge in [0.05, 0.1) is 16.7 Å². The van der Waals surface area contributed by atoms with Gasteiger partial charge in [0.15, 0.2) is 0 Å². The first-order valence-electron chi connectivity index (χ1n) is 5.89. The minimum absolute atomic E-state index is 0.460. The van der Waals surface area contributed by atoms with E-state index in [1.807, 2.05) is 36.6 Å². The van der Waals surface area contributed by atoms with Crippen LogP contribution in [0.25, 0.3) is 11.0 Å². The zero-order valence-corrected chi connectivity index (χ0v) is 12.2. The van der Waals surface area contributed by atoms with Crippen LogP contribution in [0.3, 0.4) is 0 Å². The van der Waals surface area contributed by atoms with E-state index in [1.54, 1.807) is 0 Å². The lowest BCUT2D eigenvalue weighted by atomic mass is 10.3. The molecular formula is C13H13BrN4O. The Kier molecular flexibility index (Phi) is 2.82. The van der Waals surface area contributed by atoms with Crippen molar-refractivity contribution in [2.75, 3.05) is 5.73 Å². The predicted octanol–water partition coefficient (Wildman–Crippen LogP) is 3.03. The van der Waals surface area contributed by atoms with Gasteiger partial charge < -0.3 is 14.7 Å². The number of nitrogens with zero attached hydrogens (tertiary/aromatic N) is 3. The molecule has 6 heteroatoms. The van der Waals surface area contributed by atoms with Crippen LogP contribution in [0.1, 0.15) is 17.3 Å². The van der Waals surface area contributed by atoms with Gasteiger partial charge in [-0.05, 0) is 32.0 Å². The van der Waals surface area contributed by atoms with Crippen LogP contribution in [0.2, 0.25) is 0 Å². The zero-order valence-electron chi connectivity index (χ0n) is 10.6. The fourth-order valence-corrected chi connectivity index (χ4v) is 2.38. The van der Waals surface area contributed by atoms with Crippen molar-refractivity contribution in [1.29, 1.82) is 0 Å². The summed E-state index contributed by atoms with van der Waals surface area (Å²) in [5.41, 5.74) is 8.69. The van der Waals surface area contributed by atoms with Crippen LogP contribution >= 0.6 is 15.9 Å². The van der Waals surface area contributed by atoms with Gasteiger partial charge >= 0.3 is 0 Å². The second-order valence-corrected chi connectivity index (χ2v) is 5.35. The van der Waals surface area contributed by atoms with Gasteiger partial charge in [-0.15, -0.1) is 0 Å². The lowest BCUT2D eigenvalue weighted by molar-refractivity contribution is 0.460. The highest BCUT2D eigenvalue weighted by Gasteiger charge is 2.12. The maximum atomic E-state index is 5.96. The minimum atomic E-state index is 0.460. The largest absolute Gasteiger partial charge is 0.444 e. The molecule has 0 radical (unpaired) electrons. The van der Waals surface area contributed by atoms with Gasteiger partial charge in [-0.25, -0.2) is 9.97 Å². The highest BCUT2D eigenvalue weighted by atomic mass is 79.9. The summed E-state index contributed by atoms with van der Waals surface area (Å²) in [4.78, 5) is 8.71. The lowest BCUT2D eigenvalue weighted by Gasteiger charge is -2.02. The number of nitrogen functional groups attached to an aromatic ring is 1. The Bertz CT molecular complexity index is 740. The van der Waals surface area contributed by atoms with Crippen LogP contribution in [0.15, 0.2) is 27.1 Å². The number of anilines is 1. The highest BCUT2D eigenvalue weighted by Crippen LogP contribution is 2.23. The van der Waals surface area contributed by atoms with E-state index in [4.69, 9.17) is 10.2 Å². The number of oxazole rings is 1. The summed E-state index contributed by atoms with van der Waals surface area (Å²) in [6.07, 6.45) is 0. The zero-order chi connectivity index (χ0) is 13.6. The highest BCUT2D eigenvalue weighted by molar-refractivity contribution is 9.10. The Morgan fingerprint density at radius 3 is 2.79 bits per heavy atom. The first-order chi connectivity index (χ1) is 9.04. The van der Waals surface area contributed by atoms with Crippen LogP contribution in [0.5, 0.6) is 0 Å². The summed E-state index contributed by atoms with van der Waals surface area (Å²) < 4.78 is 8.47. The molecule has 0 amide bonds. The third kappa shape index (κ3) is 2.12. The van der Waals surface area contributed by atoms with E-state index in [2.05, 4.69) is 25.9 Å². The lowest BCUT2D eigenvalue weighted by Crippen LogP contribution is -2.04. The second-order valence-electron chi connectivity index (χ2n) is 4.44. The molecule has 3 aromatic rings. The van der Waals surface area contributed by atoms with Gasteiger partial charge in [0.1, 0.15) is 12.3 Å². The molecule has 2 aromatic heterocycles. The van der Waals surface area contributed by atoms with Crippen LogP contribution in [-0.4, -0.2) is 14.5 Å². The van der Waals surface area contributed by atoms with Gasteiger partial charge in [-0.1, -0.05) is 15.9 Å². The summed E-state index contributed by atoms with van der Waals surface area (Å²) >= 11 is 3.42. The molecule has 5 nitrogen and oxygen atoms in total. The molecule has 2 N–H and O–H groups in total. The van der Waals surface area contributed by atoms with Crippen LogP contribution in [0, 0.1) is 13.8 Å². The van der Waals surface area contributed by atoms with E-state index in [1.165, 1.54) is 0 Å². The summed E-state index contributed by atoms with van der Waals surface area (Å²) in [6.45, 7) is 4.31. The molecule has 19 heavy (non-hydrogen) atoms. The topological polar surface area (TPSA) is 69.9 Å². The smallest absolute Gasteiger partial charge is 0.214 e. The monoisotopic (exact) mass is 320 g/mol. The maximum Gasteiger partial charge on any atom is 0.214 e. The van der Waals surface area contributed by atoms with Crippen molar-refractivity contribution >= 4 is 32.9 Å². The Balaban J connectivity index is 2.07. The van der Waals surface area contributed by atoms with Crippen LogP contribution in [0.4, 0.5) is 5.95 Å². The SMILES string of the molecule is Cc1nc(Cn2c(N)nc3cc(Br)ccc32)oc1C. The minimum Gasteiger partial charge on any atom is -0.444 e. The molecule has 0 spiro atoms. The number of halogens is 1. The first kappa shape index (κ1) is 12.2. The molecule has 98 valence electrons. The molecule has 0 saturated heterocycles. The van der Waals surface area contributed by atoms with Gasteiger partial charge in [0.2, 0.25) is 11.8 Å². The molecule has 0 unspecified atom stereocenters. The predicted molar refractivity (Wildman–Crippen MR) is 76.9 cm³/mol. The van der Waals surface area contributed by atoms with E-state index in [9.17, 15) is 0 Å². The molecule has 0 aliphatic rings. The van der Waals surface area contributed by atoms with Gasteiger partial charge in [-0.3, -0.25) is 0 Å². The number of aromatic nitrogens is 3. The Hall–Kier alpha value is -1.82. The Labute approximate surface area is 118 Å². The molecule has 0 saturated carbocycles. The van der Waals surface area contributed by atoms with Crippen LogP contribution < -0.4 is 5.73 Å². The molecule has 0 aliphatic carbocycles. The van der Waals surface area contributed by atoms with Crippen LogP contribution in [-0.2, 0) is 6.54 Å². The van der Waals surface area contributed by atoms with Crippen molar-refractivity contribution in [3.8, 4) is 0 Å². The summed E-state index contributed by atoms with van der Waals surface area (Å²) in [5.74, 6) is 1.94. The summed E-state index contributed by atoms with van der Waals surface area (Å²) in [6, 6.07) is 5.88. The molecule has 0 atom stereocenters. The molecule has 3 rings (SSSR count). The molecule has 0 aliphatic heterocycles. The number of fused-ring (bicyclic) bond motifs is 1. The Morgan fingerprint density at radius 2 is 2.11 bits per heavy atom. The van der Waals surface area contributed by atoms with Crippen molar-refractivity contribution in [2.45, 2.75) is 20.4 Å². The molecule has 0 bridgehead atoms. The third-order valence-corrected chi connectivity index (χ3v) is 3.60. The van der Waals surface area contributed by atoms with Crippen molar-refractivity contribution in [3.63, 3.8) is 0 Å². The molecule has 2 heterocycles. The number of aryl methyl sites for hydroxylation is 2. The average Bonchev–Trinajstić information content (AvgIpc) is 2.81. The normalized spacial score (nSPS) is 11.3. The van der Waals surface area contributed by atoms with E-state index >= 15 is 0 Å². The summed E-state index contributed by atoms with van der Waals surface area (Å²) in [5, 5.41) is 0. The number of hydrogen-bond donors (Lipinski definition) is 1. The van der Waals surface area contributed by atoms with Crippen molar-refractivity contribution in [2.24, 2.45) is 0 Å². The fraction of sp³-hybridized carbons (Fsp3) is 0.231. The molecular weight excluding hydrogens is 308 g/mol. The standard InChI is InChI=1S/C13H13BrN4O/c1-7-8(2)19-12(16-7)6-18-11-4-3-9(14)5-10(11)17-13(18)15/h3-5H,6H2,1-2H3,(H2,15,17). The van der Waals surface area contributed by atoms with Crippen molar-refractivity contribution < 1.29 is 4.42 Å². The quantitative estimate of drug-likeness (QED) is 0.787. The summed E-state index contributed by atoms with van der Waals surface area (Å²) in [7, 11) is 0. The maximum absolute atomic E-state index is 5.96. The number of rotatable bonds is 2. The molecule has 0 fully saturated rings. The third-order valence-electron chi connectivity index (χ3n) is 3.11. The van der Waals surface area contributed by atoms with E-state index in [-0.39, 0.29) is 0 Å². The van der Waals surface area contributed by atoms with Gasteiger partial charge in [0.25, 0.3) is 0 Å². The Morgan fingerprint density at radius 1 is 1.32 bits per heavy atom.